The molecule has 0 spiro atoms. The van der Waals surface area contributed by atoms with E-state index in [-0.39, 0.29) is 12.6 Å². The summed E-state index contributed by atoms with van der Waals surface area (Å²) < 4.78 is 10.0. The van der Waals surface area contributed by atoms with Crippen LogP contribution >= 0.6 is 15.9 Å². The van der Waals surface area contributed by atoms with Crippen molar-refractivity contribution in [2.75, 3.05) is 6.54 Å². The van der Waals surface area contributed by atoms with Gasteiger partial charge in [-0.3, -0.25) is 9.48 Å². The van der Waals surface area contributed by atoms with Crippen LogP contribution in [-0.4, -0.2) is 32.0 Å². The van der Waals surface area contributed by atoms with Gasteiger partial charge in [0.25, 0.3) is 5.91 Å². The minimum absolute atomic E-state index is 0.192. The smallest absolute Gasteiger partial charge is 0.271 e. The van der Waals surface area contributed by atoms with E-state index in [2.05, 4.69) is 31.4 Å². The lowest BCUT2D eigenvalue weighted by Gasteiger charge is -2.06. The highest BCUT2D eigenvalue weighted by Gasteiger charge is 2.09. The standard InChI is InChI=1S/C17H18BrN5O2/c18-14-3-5-15(6-4-14)25-13-23-12-7-16(21-23)17(24)19-8-1-10-22-11-2-9-20-22/h2-7,9,11-12H,1,8,10,13H2,(H,19,24). The molecule has 8 heteroatoms. The first kappa shape index (κ1) is 17.2. The lowest BCUT2D eigenvalue weighted by molar-refractivity contribution is 0.0945. The van der Waals surface area contributed by atoms with E-state index in [0.29, 0.717) is 12.2 Å². The fourth-order valence-corrected chi connectivity index (χ4v) is 2.46. The Bertz CT molecular complexity index is 799. The predicted octanol–water partition coefficient (Wildman–Crippen LogP) is 2.70. The molecule has 0 bridgehead atoms. The highest BCUT2D eigenvalue weighted by atomic mass is 79.9. The average molecular weight is 404 g/mol. The molecule has 2 aromatic heterocycles. The van der Waals surface area contributed by atoms with E-state index in [9.17, 15) is 4.79 Å². The van der Waals surface area contributed by atoms with E-state index in [1.54, 1.807) is 23.1 Å². The Morgan fingerprint density at radius 2 is 2.00 bits per heavy atom. The molecule has 0 atom stereocenters. The fraction of sp³-hybridized carbons (Fsp3) is 0.235. The van der Waals surface area contributed by atoms with E-state index < -0.39 is 0 Å². The van der Waals surface area contributed by atoms with Gasteiger partial charge in [0.1, 0.15) is 11.4 Å². The maximum Gasteiger partial charge on any atom is 0.271 e. The zero-order valence-corrected chi connectivity index (χ0v) is 15.1. The molecule has 25 heavy (non-hydrogen) atoms. The lowest BCUT2D eigenvalue weighted by Crippen LogP contribution is -2.26. The Labute approximate surface area is 153 Å². The van der Waals surface area contributed by atoms with Gasteiger partial charge in [0.05, 0.1) is 0 Å². The first-order valence-corrected chi connectivity index (χ1v) is 8.67. The van der Waals surface area contributed by atoms with Gasteiger partial charge in [-0.25, -0.2) is 4.68 Å². The molecule has 0 fully saturated rings. The molecule has 2 heterocycles. The summed E-state index contributed by atoms with van der Waals surface area (Å²) in [4.78, 5) is 12.1. The third-order valence-corrected chi connectivity index (χ3v) is 3.99. The summed E-state index contributed by atoms with van der Waals surface area (Å²) in [6, 6.07) is 11.1. The zero-order valence-electron chi connectivity index (χ0n) is 13.5. The van der Waals surface area contributed by atoms with Crippen LogP contribution in [-0.2, 0) is 13.3 Å². The van der Waals surface area contributed by atoms with Gasteiger partial charge in [-0.15, -0.1) is 0 Å². The lowest BCUT2D eigenvalue weighted by atomic mass is 10.3. The van der Waals surface area contributed by atoms with Crippen LogP contribution in [0.5, 0.6) is 5.75 Å². The van der Waals surface area contributed by atoms with E-state index in [0.717, 1.165) is 23.2 Å². The van der Waals surface area contributed by atoms with E-state index in [1.165, 1.54) is 0 Å². The molecular weight excluding hydrogens is 386 g/mol. The second-order valence-electron chi connectivity index (χ2n) is 5.35. The van der Waals surface area contributed by atoms with Crippen LogP contribution in [0.3, 0.4) is 0 Å². The second kappa shape index (κ2) is 8.48. The predicted molar refractivity (Wildman–Crippen MR) is 96.2 cm³/mol. The minimum atomic E-state index is -0.192. The van der Waals surface area contributed by atoms with Crippen molar-refractivity contribution in [2.45, 2.75) is 19.7 Å². The minimum Gasteiger partial charge on any atom is -0.471 e. The molecule has 0 aliphatic heterocycles. The molecule has 3 rings (SSSR count). The summed E-state index contributed by atoms with van der Waals surface area (Å²) in [5, 5.41) is 11.2. The van der Waals surface area contributed by atoms with Gasteiger partial charge in [-0.05, 0) is 42.8 Å². The molecule has 0 aliphatic rings. The van der Waals surface area contributed by atoms with Crippen molar-refractivity contribution in [3.8, 4) is 5.75 Å². The Hall–Kier alpha value is -2.61. The number of carbonyl (C=O) groups excluding carboxylic acids is 1. The quantitative estimate of drug-likeness (QED) is 0.586. The van der Waals surface area contributed by atoms with E-state index in [1.807, 2.05) is 41.2 Å². The van der Waals surface area contributed by atoms with Crippen LogP contribution in [0, 0.1) is 0 Å². The number of amides is 1. The third kappa shape index (κ3) is 5.18. The zero-order chi connectivity index (χ0) is 17.5. The third-order valence-electron chi connectivity index (χ3n) is 3.46. The van der Waals surface area contributed by atoms with Crippen LogP contribution in [0.1, 0.15) is 16.9 Å². The maximum absolute atomic E-state index is 12.1. The molecule has 1 amide bonds. The van der Waals surface area contributed by atoms with Gasteiger partial charge >= 0.3 is 0 Å². The van der Waals surface area contributed by atoms with Crippen molar-refractivity contribution < 1.29 is 9.53 Å². The topological polar surface area (TPSA) is 74.0 Å². The van der Waals surface area contributed by atoms with Crippen LogP contribution < -0.4 is 10.1 Å². The molecule has 130 valence electrons. The van der Waals surface area contributed by atoms with Gasteiger partial charge < -0.3 is 10.1 Å². The monoisotopic (exact) mass is 403 g/mol. The van der Waals surface area contributed by atoms with Gasteiger partial charge in [0, 0.05) is 36.2 Å². The molecule has 0 saturated heterocycles. The summed E-state index contributed by atoms with van der Waals surface area (Å²) >= 11 is 3.38. The highest BCUT2D eigenvalue weighted by Crippen LogP contribution is 2.16. The van der Waals surface area contributed by atoms with Gasteiger partial charge in [0.15, 0.2) is 6.73 Å². The number of nitrogens with one attached hydrogen (secondary N) is 1. The van der Waals surface area contributed by atoms with Crippen molar-refractivity contribution in [1.82, 2.24) is 24.9 Å². The van der Waals surface area contributed by atoms with E-state index >= 15 is 0 Å². The normalized spacial score (nSPS) is 10.6. The molecule has 7 nitrogen and oxygen atoms in total. The Balaban J connectivity index is 1.42. The van der Waals surface area contributed by atoms with Crippen molar-refractivity contribution in [1.29, 1.82) is 0 Å². The number of benzene rings is 1. The molecular formula is C17H18BrN5O2. The van der Waals surface area contributed by atoms with Crippen molar-refractivity contribution >= 4 is 21.8 Å². The number of hydrogen-bond donors (Lipinski definition) is 1. The van der Waals surface area contributed by atoms with Gasteiger partial charge in [-0.2, -0.15) is 10.2 Å². The van der Waals surface area contributed by atoms with Crippen LogP contribution in [0.15, 0.2) is 59.5 Å². The Morgan fingerprint density at radius 1 is 1.16 bits per heavy atom. The molecule has 0 aliphatic carbocycles. The van der Waals surface area contributed by atoms with E-state index in [4.69, 9.17) is 4.74 Å². The van der Waals surface area contributed by atoms with Crippen molar-refractivity contribution in [3.05, 3.63) is 65.2 Å². The number of carbonyl (C=O) groups is 1. The summed E-state index contributed by atoms with van der Waals surface area (Å²) in [6.07, 6.45) is 6.16. The molecule has 3 aromatic rings. The molecule has 0 saturated carbocycles. The number of hydrogen-bond acceptors (Lipinski definition) is 4. The molecule has 1 aromatic carbocycles. The molecule has 1 N–H and O–H groups in total. The highest BCUT2D eigenvalue weighted by molar-refractivity contribution is 9.10. The summed E-state index contributed by atoms with van der Waals surface area (Å²) in [5.41, 5.74) is 0.374. The van der Waals surface area contributed by atoms with Crippen LogP contribution in [0.2, 0.25) is 0 Å². The van der Waals surface area contributed by atoms with Gasteiger partial charge in [0.2, 0.25) is 0 Å². The Morgan fingerprint density at radius 3 is 2.76 bits per heavy atom. The number of ether oxygens (including phenoxy) is 1. The van der Waals surface area contributed by atoms with Crippen LogP contribution in [0.4, 0.5) is 0 Å². The largest absolute Gasteiger partial charge is 0.471 e. The maximum atomic E-state index is 12.1. The number of aryl methyl sites for hydroxylation is 1. The fourth-order valence-electron chi connectivity index (χ4n) is 2.19. The average Bonchev–Trinajstić information content (AvgIpc) is 3.30. The summed E-state index contributed by atoms with van der Waals surface area (Å²) in [5.74, 6) is 0.547. The molecule has 0 unspecified atom stereocenters. The Kier molecular flexibility index (Phi) is 5.84. The number of aromatic nitrogens is 4. The second-order valence-corrected chi connectivity index (χ2v) is 6.26. The number of halogens is 1. The SMILES string of the molecule is O=C(NCCCn1cccn1)c1ccn(COc2ccc(Br)cc2)n1. The van der Waals surface area contributed by atoms with Gasteiger partial charge in [-0.1, -0.05) is 15.9 Å². The first-order valence-electron chi connectivity index (χ1n) is 7.88. The number of nitrogens with zero attached hydrogens (tertiary/aromatic N) is 4. The van der Waals surface area contributed by atoms with Crippen LogP contribution in [0.25, 0.3) is 0 Å². The first-order chi connectivity index (χ1) is 12.2. The summed E-state index contributed by atoms with van der Waals surface area (Å²) in [6.45, 7) is 1.58. The van der Waals surface area contributed by atoms with Crippen molar-refractivity contribution in [2.24, 2.45) is 0 Å². The number of rotatable bonds is 8. The van der Waals surface area contributed by atoms with Crippen molar-refractivity contribution in [3.63, 3.8) is 0 Å². The summed E-state index contributed by atoms with van der Waals surface area (Å²) in [7, 11) is 0. The molecule has 0 radical (unpaired) electrons.